The van der Waals surface area contributed by atoms with Gasteiger partial charge in [-0.1, -0.05) is 0 Å². The average molecular weight is 353 g/mol. The van der Waals surface area contributed by atoms with Crippen molar-refractivity contribution in [3.63, 3.8) is 0 Å². The minimum atomic E-state index is -3.55. The topological polar surface area (TPSA) is 105 Å². The maximum Gasteiger partial charge on any atom is 0.417 e. The van der Waals surface area contributed by atoms with Crippen LogP contribution in [-0.2, 0) is 14.8 Å². The first kappa shape index (κ1) is 15.8. The molecule has 0 spiro atoms. The van der Waals surface area contributed by atoms with Gasteiger partial charge in [0, 0.05) is 38.4 Å². The summed E-state index contributed by atoms with van der Waals surface area (Å²) >= 11 is 0. The molecular formula is C15H19N3O5S. The third-order valence-electron chi connectivity index (χ3n) is 4.57. The number of fused-ring (bicyclic) bond motifs is 1. The second kappa shape index (κ2) is 5.99. The zero-order valence-corrected chi connectivity index (χ0v) is 13.8. The molecule has 2 fully saturated rings. The van der Waals surface area contributed by atoms with E-state index in [0.717, 1.165) is 26.1 Å². The first-order chi connectivity index (χ1) is 11.5. The van der Waals surface area contributed by atoms with E-state index in [1.165, 1.54) is 22.5 Å². The molecule has 0 bridgehead atoms. The summed E-state index contributed by atoms with van der Waals surface area (Å²) in [5.74, 6) is -0.593. The van der Waals surface area contributed by atoms with Crippen molar-refractivity contribution in [2.75, 3.05) is 26.3 Å². The first-order valence-electron chi connectivity index (χ1n) is 7.99. The Labute approximate surface area is 138 Å². The normalized spacial score (nSPS) is 21.2. The van der Waals surface area contributed by atoms with Crippen molar-refractivity contribution in [1.29, 1.82) is 0 Å². The largest absolute Gasteiger partial charge is 0.417 e. The highest BCUT2D eigenvalue weighted by Gasteiger charge is 2.37. The van der Waals surface area contributed by atoms with Gasteiger partial charge in [0.1, 0.15) is 0 Å². The molecule has 0 amide bonds. The van der Waals surface area contributed by atoms with Crippen molar-refractivity contribution in [2.45, 2.75) is 29.8 Å². The minimum Gasteiger partial charge on any atom is -0.408 e. The van der Waals surface area contributed by atoms with Gasteiger partial charge < -0.3 is 14.5 Å². The molecule has 130 valence electrons. The van der Waals surface area contributed by atoms with E-state index in [1.807, 2.05) is 0 Å². The van der Waals surface area contributed by atoms with Gasteiger partial charge in [-0.25, -0.2) is 13.2 Å². The van der Waals surface area contributed by atoms with Crippen LogP contribution in [0.2, 0.25) is 0 Å². The quantitative estimate of drug-likeness (QED) is 0.817. The van der Waals surface area contributed by atoms with Crippen molar-refractivity contribution in [1.82, 2.24) is 14.6 Å². The molecule has 9 heteroatoms. The highest BCUT2D eigenvalue weighted by atomic mass is 32.2. The highest BCUT2D eigenvalue weighted by molar-refractivity contribution is 7.89. The van der Waals surface area contributed by atoms with Crippen LogP contribution < -0.4 is 11.1 Å². The maximum atomic E-state index is 12.7. The monoisotopic (exact) mass is 353 g/mol. The zero-order valence-electron chi connectivity index (χ0n) is 13.0. The summed E-state index contributed by atoms with van der Waals surface area (Å²) in [6, 6.07) is 4.99. The molecule has 2 saturated heterocycles. The van der Waals surface area contributed by atoms with Crippen LogP contribution in [0.1, 0.15) is 12.8 Å². The molecule has 2 aliphatic heterocycles. The van der Waals surface area contributed by atoms with E-state index < -0.39 is 15.8 Å². The Morgan fingerprint density at radius 1 is 1.17 bits per heavy atom. The van der Waals surface area contributed by atoms with Gasteiger partial charge in [-0.2, -0.15) is 4.31 Å². The number of nitrogens with one attached hydrogen (secondary N) is 2. The SMILES string of the molecule is O=c1[nH]c2cc(S(=O)(=O)N3CC(NC4CCOCC4)C3)ccc2o1. The van der Waals surface area contributed by atoms with Gasteiger partial charge in [-0.15, -0.1) is 0 Å². The van der Waals surface area contributed by atoms with Crippen LogP contribution >= 0.6 is 0 Å². The molecule has 1 aromatic heterocycles. The van der Waals surface area contributed by atoms with Gasteiger partial charge in [0.15, 0.2) is 5.58 Å². The third kappa shape index (κ3) is 2.88. The molecule has 8 nitrogen and oxygen atoms in total. The van der Waals surface area contributed by atoms with Crippen LogP contribution in [0.5, 0.6) is 0 Å². The molecule has 3 heterocycles. The second-order valence-electron chi connectivity index (χ2n) is 6.24. The van der Waals surface area contributed by atoms with E-state index in [-0.39, 0.29) is 10.9 Å². The van der Waals surface area contributed by atoms with Crippen LogP contribution in [0, 0.1) is 0 Å². The number of hydrogen-bond donors (Lipinski definition) is 2. The van der Waals surface area contributed by atoms with Crippen molar-refractivity contribution in [3.8, 4) is 0 Å². The summed E-state index contributed by atoms with van der Waals surface area (Å²) in [5, 5.41) is 3.49. The van der Waals surface area contributed by atoms with Gasteiger partial charge in [0.25, 0.3) is 0 Å². The Kier molecular flexibility index (Phi) is 3.95. The molecule has 0 unspecified atom stereocenters. The smallest absolute Gasteiger partial charge is 0.408 e. The molecule has 1 aromatic carbocycles. The third-order valence-corrected chi connectivity index (χ3v) is 6.40. The summed E-state index contributed by atoms with van der Waals surface area (Å²) in [5.41, 5.74) is 0.736. The number of nitrogens with zero attached hydrogens (tertiary/aromatic N) is 1. The van der Waals surface area contributed by atoms with Crippen molar-refractivity contribution in [3.05, 3.63) is 28.7 Å². The molecule has 0 radical (unpaired) electrons. The van der Waals surface area contributed by atoms with Crippen molar-refractivity contribution in [2.24, 2.45) is 0 Å². The summed E-state index contributed by atoms with van der Waals surface area (Å²) in [7, 11) is -3.55. The van der Waals surface area contributed by atoms with Crippen molar-refractivity contribution >= 4 is 21.1 Å². The number of hydrogen-bond acceptors (Lipinski definition) is 6. The van der Waals surface area contributed by atoms with Crippen LogP contribution in [0.15, 0.2) is 32.3 Å². The number of sulfonamides is 1. The van der Waals surface area contributed by atoms with E-state index in [1.54, 1.807) is 0 Å². The van der Waals surface area contributed by atoms with Gasteiger partial charge >= 0.3 is 5.76 Å². The fourth-order valence-corrected chi connectivity index (χ4v) is 4.74. The molecule has 2 N–H and O–H groups in total. The average Bonchev–Trinajstić information content (AvgIpc) is 2.90. The van der Waals surface area contributed by atoms with E-state index in [0.29, 0.717) is 30.2 Å². The van der Waals surface area contributed by atoms with Gasteiger partial charge in [0.2, 0.25) is 10.0 Å². The van der Waals surface area contributed by atoms with Gasteiger partial charge in [-0.05, 0) is 31.0 Å². The zero-order chi connectivity index (χ0) is 16.7. The maximum absolute atomic E-state index is 12.7. The Hall–Kier alpha value is -1.68. The van der Waals surface area contributed by atoms with Gasteiger partial charge in [-0.3, -0.25) is 4.98 Å². The number of aromatic amines is 1. The Bertz CT molecular complexity index is 891. The van der Waals surface area contributed by atoms with Crippen LogP contribution in [0.25, 0.3) is 11.1 Å². The highest BCUT2D eigenvalue weighted by Crippen LogP contribution is 2.24. The van der Waals surface area contributed by atoms with E-state index in [2.05, 4.69) is 10.3 Å². The molecule has 4 rings (SSSR count). The predicted octanol–water partition coefficient (Wildman–Crippen LogP) is 0.263. The molecule has 24 heavy (non-hydrogen) atoms. The van der Waals surface area contributed by atoms with E-state index >= 15 is 0 Å². The van der Waals surface area contributed by atoms with Crippen molar-refractivity contribution < 1.29 is 17.6 Å². The van der Waals surface area contributed by atoms with Crippen LogP contribution in [-0.4, -0.2) is 56.1 Å². The first-order valence-corrected chi connectivity index (χ1v) is 9.43. The lowest BCUT2D eigenvalue weighted by Gasteiger charge is -2.41. The Morgan fingerprint density at radius 3 is 2.67 bits per heavy atom. The molecule has 2 aliphatic rings. The van der Waals surface area contributed by atoms with Crippen LogP contribution in [0.4, 0.5) is 0 Å². The lowest BCUT2D eigenvalue weighted by atomic mass is 10.1. The second-order valence-corrected chi connectivity index (χ2v) is 8.18. The summed E-state index contributed by atoms with van der Waals surface area (Å²) < 4.78 is 37.0. The Morgan fingerprint density at radius 2 is 1.92 bits per heavy atom. The van der Waals surface area contributed by atoms with Crippen LogP contribution in [0.3, 0.4) is 0 Å². The summed E-state index contributed by atoms with van der Waals surface area (Å²) in [6.07, 6.45) is 1.93. The number of ether oxygens (including phenoxy) is 1. The fourth-order valence-electron chi connectivity index (χ4n) is 3.18. The summed E-state index contributed by atoms with van der Waals surface area (Å²) in [6.45, 7) is 2.43. The molecule has 0 saturated carbocycles. The Balaban J connectivity index is 1.44. The fraction of sp³-hybridized carbons (Fsp3) is 0.533. The van der Waals surface area contributed by atoms with E-state index in [9.17, 15) is 13.2 Å². The molecule has 0 atom stereocenters. The number of H-pyrrole nitrogens is 1. The standard InChI is InChI=1S/C15H19N3O5S/c19-15-17-13-7-12(1-2-14(13)23-15)24(20,21)18-8-11(9-18)16-10-3-5-22-6-4-10/h1-2,7,10-11,16H,3-6,8-9H2,(H,17,19). The minimum absolute atomic E-state index is 0.163. The number of oxazole rings is 1. The lowest BCUT2D eigenvalue weighted by molar-refractivity contribution is 0.0678. The lowest BCUT2D eigenvalue weighted by Crippen LogP contribution is -2.61. The molecule has 2 aromatic rings. The predicted molar refractivity (Wildman–Crippen MR) is 86.4 cm³/mol. The number of aromatic nitrogens is 1. The number of benzene rings is 1. The molecular weight excluding hydrogens is 334 g/mol. The molecule has 0 aliphatic carbocycles. The van der Waals surface area contributed by atoms with E-state index in [4.69, 9.17) is 9.15 Å². The van der Waals surface area contributed by atoms with Gasteiger partial charge in [0.05, 0.1) is 10.4 Å². The summed E-state index contributed by atoms with van der Waals surface area (Å²) in [4.78, 5) is 13.8. The number of rotatable bonds is 4.